The van der Waals surface area contributed by atoms with Crippen molar-refractivity contribution in [1.29, 1.82) is 0 Å². The zero-order valence-electron chi connectivity index (χ0n) is 8.92. The summed E-state index contributed by atoms with van der Waals surface area (Å²) in [5, 5.41) is 0. The highest BCUT2D eigenvalue weighted by atomic mass is 15.1. The SMILES string of the molecule is CC1CC1CN(C)CC1(N)CCC1. The van der Waals surface area contributed by atoms with E-state index in [4.69, 9.17) is 5.73 Å². The first-order chi connectivity index (χ1) is 6.09. The largest absolute Gasteiger partial charge is 0.324 e. The Balaban J connectivity index is 1.68. The molecule has 2 N–H and O–H groups in total. The standard InChI is InChI=1S/C11H22N2/c1-9-6-10(9)7-13(2)8-11(12)4-3-5-11/h9-10H,3-8,12H2,1-2H3. The van der Waals surface area contributed by atoms with E-state index >= 15 is 0 Å². The zero-order chi connectivity index (χ0) is 9.47. The maximum Gasteiger partial charge on any atom is 0.0283 e. The van der Waals surface area contributed by atoms with Gasteiger partial charge in [-0.3, -0.25) is 0 Å². The first kappa shape index (κ1) is 9.47. The highest BCUT2D eigenvalue weighted by Gasteiger charge is 2.37. The van der Waals surface area contributed by atoms with Crippen LogP contribution in [-0.2, 0) is 0 Å². The van der Waals surface area contributed by atoms with Crippen molar-refractivity contribution in [3.05, 3.63) is 0 Å². The van der Waals surface area contributed by atoms with E-state index in [-0.39, 0.29) is 5.54 Å². The molecule has 2 rings (SSSR count). The average Bonchev–Trinajstić information content (AvgIpc) is 2.63. The Morgan fingerprint density at radius 3 is 2.46 bits per heavy atom. The zero-order valence-corrected chi connectivity index (χ0v) is 8.92. The summed E-state index contributed by atoms with van der Waals surface area (Å²) in [6.07, 6.45) is 5.24. The van der Waals surface area contributed by atoms with Crippen LogP contribution in [0.25, 0.3) is 0 Å². The van der Waals surface area contributed by atoms with Crippen LogP contribution in [0, 0.1) is 11.8 Å². The van der Waals surface area contributed by atoms with Crippen molar-refractivity contribution in [3.8, 4) is 0 Å². The summed E-state index contributed by atoms with van der Waals surface area (Å²) in [4.78, 5) is 2.44. The Morgan fingerprint density at radius 2 is 2.08 bits per heavy atom. The summed E-state index contributed by atoms with van der Waals surface area (Å²) in [5.41, 5.74) is 6.37. The second-order valence-electron chi connectivity index (χ2n) is 5.39. The minimum atomic E-state index is 0.173. The Labute approximate surface area is 81.5 Å². The van der Waals surface area contributed by atoms with Gasteiger partial charge in [0.05, 0.1) is 0 Å². The molecule has 0 bridgehead atoms. The molecule has 0 aromatic heterocycles. The van der Waals surface area contributed by atoms with Gasteiger partial charge in [0, 0.05) is 18.6 Å². The minimum absolute atomic E-state index is 0.173. The smallest absolute Gasteiger partial charge is 0.0283 e. The Hall–Kier alpha value is -0.0800. The molecular weight excluding hydrogens is 160 g/mol. The summed E-state index contributed by atoms with van der Waals surface area (Å²) in [6.45, 7) is 4.72. The van der Waals surface area contributed by atoms with Crippen molar-refractivity contribution in [2.45, 2.75) is 38.1 Å². The fourth-order valence-electron chi connectivity index (χ4n) is 2.44. The van der Waals surface area contributed by atoms with Crippen LogP contribution in [0.2, 0.25) is 0 Å². The molecule has 0 spiro atoms. The van der Waals surface area contributed by atoms with Crippen molar-refractivity contribution in [3.63, 3.8) is 0 Å². The molecular formula is C11H22N2. The van der Waals surface area contributed by atoms with Crippen LogP contribution in [0.3, 0.4) is 0 Å². The van der Waals surface area contributed by atoms with Crippen LogP contribution in [0.5, 0.6) is 0 Å². The summed E-state index contributed by atoms with van der Waals surface area (Å²) in [5.74, 6) is 1.94. The molecule has 0 heterocycles. The van der Waals surface area contributed by atoms with E-state index in [1.54, 1.807) is 0 Å². The lowest BCUT2D eigenvalue weighted by Gasteiger charge is -2.41. The molecule has 0 amide bonds. The number of nitrogens with zero attached hydrogens (tertiary/aromatic N) is 1. The molecule has 0 radical (unpaired) electrons. The molecule has 76 valence electrons. The van der Waals surface area contributed by atoms with Gasteiger partial charge >= 0.3 is 0 Å². The van der Waals surface area contributed by atoms with E-state index in [0.717, 1.165) is 18.4 Å². The number of rotatable bonds is 4. The lowest BCUT2D eigenvalue weighted by molar-refractivity contribution is 0.160. The predicted octanol–water partition coefficient (Wildman–Crippen LogP) is 1.46. The van der Waals surface area contributed by atoms with Gasteiger partial charge in [0.1, 0.15) is 0 Å². The third kappa shape index (κ3) is 2.23. The fraction of sp³-hybridized carbons (Fsp3) is 1.00. The van der Waals surface area contributed by atoms with Gasteiger partial charge in [0.25, 0.3) is 0 Å². The molecule has 2 aliphatic carbocycles. The number of hydrogen-bond acceptors (Lipinski definition) is 2. The normalized spacial score (nSPS) is 36.0. The van der Waals surface area contributed by atoms with Gasteiger partial charge in [-0.05, 0) is 44.6 Å². The quantitative estimate of drug-likeness (QED) is 0.713. The van der Waals surface area contributed by atoms with E-state index in [0.29, 0.717) is 0 Å². The Kier molecular flexibility index (Phi) is 2.37. The topological polar surface area (TPSA) is 29.3 Å². The van der Waals surface area contributed by atoms with Gasteiger partial charge in [-0.2, -0.15) is 0 Å². The molecule has 0 aromatic rings. The van der Waals surface area contributed by atoms with Crippen molar-refractivity contribution in [1.82, 2.24) is 4.90 Å². The maximum atomic E-state index is 6.19. The van der Waals surface area contributed by atoms with Gasteiger partial charge in [0.15, 0.2) is 0 Å². The second-order valence-corrected chi connectivity index (χ2v) is 5.39. The van der Waals surface area contributed by atoms with Crippen LogP contribution >= 0.6 is 0 Å². The average molecular weight is 182 g/mol. The van der Waals surface area contributed by atoms with E-state index in [9.17, 15) is 0 Å². The predicted molar refractivity (Wildman–Crippen MR) is 55.5 cm³/mol. The maximum absolute atomic E-state index is 6.19. The van der Waals surface area contributed by atoms with E-state index in [1.165, 1.54) is 32.2 Å². The highest BCUT2D eigenvalue weighted by Crippen LogP contribution is 2.38. The third-order valence-corrected chi connectivity index (χ3v) is 3.76. The van der Waals surface area contributed by atoms with Crippen molar-refractivity contribution >= 4 is 0 Å². The lowest BCUT2D eigenvalue weighted by atomic mass is 9.77. The van der Waals surface area contributed by atoms with Gasteiger partial charge in [0.2, 0.25) is 0 Å². The van der Waals surface area contributed by atoms with Gasteiger partial charge < -0.3 is 10.6 Å². The first-order valence-corrected chi connectivity index (χ1v) is 5.56. The van der Waals surface area contributed by atoms with Crippen LogP contribution in [0.1, 0.15) is 32.6 Å². The molecule has 2 atom stereocenters. The number of hydrogen-bond donors (Lipinski definition) is 1. The monoisotopic (exact) mass is 182 g/mol. The number of nitrogens with two attached hydrogens (primary N) is 1. The van der Waals surface area contributed by atoms with Crippen LogP contribution < -0.4 is 5.73 Å². The summed E-state index contributed by atoms with van der Waals surface area (Å²) >= 11 is 0. The summed E-state index contributed by atoms with van der Waals surface area (Å²) in [7, 11) is 2.22. The van der Waals surface area contributed by atoms with Gasteiger partial charge in [-0.1, -0.05) is 6.92 Å². The van der Waals surface area contributed by atoms with Crippen molar-refractivity contribution in [2.75, 3.05) is 20.1 Å². The molecule has 13 heavy (non-hydrogen) atoms. The van der Waals surface area contributed by atoms with Gasteiger partial charge in [-0.25, -0.2) is 0 Å². The molecule has 2 heteroatoms. The van der Waals surface area contributed by atoms with Crippen LogP contribution in [0.15, 0.2) is 0 Å². The van der Waals surface area contributed by atoms with E-state index < -0.39 is 0 Å². The Morgan fingerprint density at radius 1 is 1.46 bits per heavy atom. The molecule has 0 aliphatic heterocycles. The Bertz CT molecular complexity index is 187. The summed E-state index contributed by atoms with van der Waals surface area (Å²) in [6, 6.07) is 0. The van der Waals surface area contributed by atoms with Gasteiger partial charge in [-0.15, -0.1) is 0 Å². The lowest BCUT2D eigenvalue weighted by Crippen LogP contribution is -2.54. The first-order valence-electron chi connectivity index (χ1n) is 5.56. The van der Waals surface area contributed by atoms with E-state index in [1.807, 2.05) is 0 Å². The van der Waals surface area contributed by atoms with Crippen LogP contribution in [0.4, 0.5) is 0 Å². The molecule has 2 unspecified atom stereocenters. The fourth-order valence-corrected chi connectivity index (χ4v) is 2.44. The van der Waals surface area contributed by atoms with Crippen LogP contribution in [-0.4, -0.2) is 30.6 Å². The third-order valence-electron chi connectivity index (χ3n) is 3.76. The molecule has 0 saturated heterocycles. The molecule has 0 aromatic carbocycles. The molecule has 2 fully saturated rings. The van der Waals surface area contributed by atoms with Crippen molar-refractivity contribution < 1.29 is 0 Å². The summed E-state index contributed by atoms with van der Waals surface area (Å²) < 4.78 is 0. The molecule has 2 saturated carbocycles. The number of likely N-dealkylation sites (N-methyl/N-ethyl adjacent to an activating group) is 1. The molecule has 2 aliphatic rings. The minimum Gasteiger partial charge on any atom is -0.324 e. The van der Waals surface area contributed by atoms with Crippen molar-refractivity contribution in [2.24, 2.45) is 17.6 Å². The highest BCUT2D eigenvalue weighted by molar-refractivity contribution is 4.95. The second kappa shape index (κ2) is 3.25. The van der Waals surface area contributed by atoms with E-state index in [2.05, 4.69) is 18.9 Å². The molecule has 2 nitrogen and oxygen atoms in total.